The molecule has 31 heavy (non-hydrogen) atoms. The van der Waals surface area contributed by atoms with E-state index in [1.54, 1.807) is 23.2 Å². The molecule has 2 heterocycles. The van der Waals surface area contributed by atoms with Crippen molar-refractivity contribution in [3.05, 3.63) is 40.5 Å². The zero-order chi connectivity index (χ0) is 22.4. The predicted molar refractivity (Wildman–Crippen MR) is 119 cm³/mol. The highest BCUT2D eigenvalue weighted by Crippen LogP contribution is 2.38. The van der Waals surface area contributed by atoms with E-state index in [1.807, 2.05) is 12.1 Å². The number of amides is 2. The minimum Gasteiger partial charge on any atom is -0.493 e. The number of carbonyl (C=O) groups is 2. The number of aromatic nitrogens is 1. The number of pyridine rings is 1. The number of carbonyl (C=O) groups excluding carboxylic acids is 2. The average molecular weight is 493 g/mol. The van der Waals surface area contributed by atoms with E-state index >= 15 is 0 Å². The smallest absolute Gasteiger partial charge is 0.251 e. The van der Waals surface area contributed by atoms with E-state index in [0.717, 1.165) is 10.3 Å². The topological polar surface area (TPSA) is 93.2 Å². The Bertz CT molecular complexity index is 905. The number of rotatable bonds is 7. The van der Waals surface area contributed by atoms with Gasteiger partial charge in [-0.25, -0.2) is 4.98 Å². The number of piperazine rings is 1. The minimum atomic E-state index is -0.398. The highest BCUT2D eigenvalue weighted by Gasteiger charge is 2.23. The van der Waals surface area contributed by atoms with Crippen LogP contribution in [0.2, 0.25) is 0 Å². The number of nitrogens with one attached hydrogen (secondary N) is 1. The van der Waals surface area contributed by atoms with Gasteiger partial charge in [-0.15, -0.1) is 0 Å². The lowest BCUT2D eigenvalue weighted by Crippen LogP contribution is -2.51. The molecule has 2 aromatic rings. The molecule has 0 atom stereocenters. The molecule has 0 saturated carbocycles. The summed E-state index contributed by atoms with van der Waals surface area (Å²) in [5, 5.41) is 2.67. The van der Waals surface area contributed by atoms with Crippen molar-refractivity contribution in [2.24, 2.45) is 0 Å². The monoisotopic (exact) mass is 492 g/mol. The van der Waals surface area contributed by atoms with Crippen LogP contribution in [0.15, 0.2) is 34.9 Å². The Morgan fingerprint density at radius 2 is 1.68 bits per heavy atom. The third-order valence-electron chi connectivity index (χ3n) is 5.00. The number of hydrogen-bond donors (Lipinski definition) is 1. The summed E-state index contributed by atoms with van der Waals surface area (Å²) in [7, 11) is 4.45. The number of ether oxygens (including phenoxy) is 3. The van der Waals surface area contributed by atoms with E-state index in [0.29, 0.717) is 49.0 Å². The van der Waals surface area contributed by atoms with E-state index in [9.17, 15) is 9.59 Å². The SMILES string of the molecule is COc1cc(C(=O)NCC(=O)N2CCN(c3ccc(Br)cn3)CC2)cc(OC)c1OC. The molecule has 1 aromatic carbocycles. The van der Waals surface area contributed by atoms with Gasteiger partial charge in [0.15, 0.2) is 11.5 Å². The first kappa shape index (κ1) is 22.7. The third-order valence-corrected chi connectivity index (χ3v) is 5.46. The van der Waals surface area contributed by atoms with Crippen LogP contribution in [-0.4, -0.2) is 75.8 Å². The van der Waals surface area contributed by atoms with E-state index in [2.05, 4.69) is 31.1 Å². The van der Waals surface area contributed by atoms with Gasteiger partial charge in [-0.05, 0) is 40.2 Å². The number of anilines is 1. The van der Waals surface area contributed by atoms with Crippen molar-refractivity contribution in [1.29, 1.82) is 0 Å². The summed E-state index contributed by atoms with van der Waals surface area (Å²) in [5.74, 6) is 1.49. The van der Waals surface area contributed by atoms with Gasteiger partial charge >= 0.3 is 0 Å². The zero-order valence-corrected chi connectivity index (χ0v) is 19.3. The molecule has 1 saturated heterocycles. The van der Waals surface area contributed by atoms with Gasteiger partial charge in [0, 0.05) is 42.4 Å². The van der Waals surface area contributed by atoms with Crippen molar-refractivity contribution < 1.29 is 23.8 Å². The number of hydrogen-bond acceptors (Lipinski definition) is 7. The molecule has 0 radical (unpaired) electrons. The van der Waals surface area contributed by atoms with Crippen molar-refractivity contribution in [2.75, 3.05) is 59.0 Å². The largest absolute Gasteiger partial charge is 0.493 e. The Hall–Kier alpha value is -3.01. The van der Waals surface area contributed by atoms with Gasteiger partial charge in [-0.1, -0.05) is 0 Å². The summed E-state index contributed by atoms with van der Waals surface area (Å²) in [6.07, 6.45) is 1.76. The van der Waals surface area contributed by atoms with Gasteiger partial charge in [0.25, 0.3) is 5.91 Å². The quantitative estimate of drug-likeness (QED) is 0.631. The van der Waals surface area contributed by atoms with Crippen LogP contribution in [0.1, 0.15) is 10.4 Å². The van der Waals surface area contributed by atoms with Crippen molar-refractivity contribution in [1.82, 2.24) is 15.2 Å². The Balaban J connectivity index is 1.55. The Morgan fingerprint density at radius 3 is 2.19 bits per heavy atom. The highest BCUT2D eigenvalue weighted by atomic mass is 79.9. The lowest BCUT2D eigenvalue weighted by atomic mass is 10.1. The molecule has 9 nitrogen and oxygen atoms in total. The van der Waals surface area contributed by atoms with Crippen molar-refractivity contribution in [3.63, 3.8) is 0 Å². The second kappa shape index (κ2) is 10.3. The maximum absolute atomic E-state index is 12.6. The van der Waals surface area contributed by atoms with Crippen molar-refractivity contribution in [3.8, 4) is 17.2 Å². The summed E-state index contributed by atoms with van der Waals surface area (Å²) < 4.78 is 16.7. The Labute approximate surface area is 189 Å². The zero-order valence-electron chi connectivity index (χ0n) is 17.7. The molecular formula is C21H25BrN4O5. The van der Waals surface area contributed by atoms with Gasteiger partial charge in [0.2, 0.25) is 11.7 Å². The van der Waals surface area contributed by atoms with E-state index < -0.39 is 5.91 Å². The first-order valence-electron chi connectivity index (χ1n) is 9.69. The van der Waals surface area contributed by atoms with Gasteiger partial charge in [0.1, 0.15) is 5.82 Å². The summed E-state index contributed by atoms with van der Waals surface area (Å²) in [6, 6.07) is 6.98. The Kier molecular flexibility index (Phi) is 7.56. The number of halogens is 1. The Morgan fingerprint density at radius 1 is 1.03 bits per heavy atom. The van der Waals surface area contributed by atoms with E-state index in [1.165, 1.54) is 21.3 Å². The molecule has 0 aliphatic carbocycles. The number of methoxy groups -OCH3 is 3. The molecule has 0 unspecified atom stereocenters. The molecule has 1 fully saturated rings. The molecule has 166 valence electrons. The molecule has 0 spiro atoms. The predicted octanol–water partition coefficient (Wildman–Crippen LogP) is 1.95. The van der Waals surface area contributed by atoms with Crippen molar-refractivity contribution in [2.45, 2.75) is 0 Å². The van der Waals surface area contributed by atoms with Crippen molar-refractivity contribution >= 4 is 33.6 Å². The van der Waals surface area contributed by atoms with Gasteiger partial charge in [-0.3, -0.25) is 9.59 Å². The average Bonchev–Trinajstić information content (AvgIpc) is 2.81. The maximum atomic E-state index is 12.6. The van der Waals surface area contributed by atoms with Crippen LogP contribution in [0.4, 0.5) is 5.82 Å². The molecule has 0 bridgehead atoms. The highest BCUT2D eigenvalue weighted by molar-refractivity contribution is 9.10. The molecule has 1 N–H and O–H groups in total. The summed E-state index contributed by atoms with van der Waals surface area (Å²) in [6.45, 7) is 2.40. The lowest BCUT2D eigenvalue weighted by molar-refractivity contribution is -0.130. The van der Waals surface area contributed by atoms with E-state index in [4.69, 9.17) is 14.2 Å². The van der Waals surface area contributed by atoms with Crippen LogP contribution in [0, 0.1) is 0 Å². The van der Waals surface area contributed by atoms with Crippen LogP contribution in [0.5, 0.6) is 17.2 Å². The fourth-order valence-electron chi connectivity index (χ4n) is 3.32. The first-order chi connectivity index (χ1) is 15.0. The fraction of sp³-hybridized carbons (Fsp3) is 0.381. The van der Waals surface area contributed by atoms with Crippen LogP contribution in [-0.2, 0) is 4.79 Å². The summed E-state index contributed by atoms with van der Waals surface area (Å²) in [4.78, 5) is 33.4. The second-order valence-corrected chi connectivity index (χ2v) is 7.71. The lowest BCUT2D eigenvalue weighted by Gasteiger charge is -2.35. The standard InChI is InChI=1S/C21H25BrN4O5/c1-29-16-10-14(11-17(30-2)20(16)31-3)21(28)24-13-19(27)26-8-6-25(7-9-26)18-5-4-15(22)12-23-18/h4-5,10-12H,6-9,13H2,1-3H3,(H,24,28). The molecule has 1 aromatic heterocycles. The molecule has 1 aliphatic heterocycles. The van der Waals surface area contributed by atoms with Gasteiger partial charge in [0.05, 0.1) is 27.9 Å². The van der Waals surface area contributed by atoms with Gasteiger partial charge < -0.3 is 29.3 Å². The van der Waals surface area contributed by atoms with Crippen LogP contribution < -0.4 is 24.4 Å². The number of benzene rings is 1. The molecule has 3 rings (SSSR count). The molecule has 1 aliphatic rings. The number of nitrogens with zero attached hydrogens (tertiary/aromatic N) is 3. The second-order valence-electron chi connectivity index (χ2n) is 6.80. The fourth-order valence-corrected chi connectivity index (χ4v) is 3.56. The summed E-state index contributed by atoms with van der Waals surface area (Å²) >= 11 is 3.38. The van der Waals surface area contributed by atoms with Crippen LogP contribution >= 0.6 is 15.9 Å². The maximum Gasteiger partial charge on any atom is 0.251 e. The normalized spacial score (nSPS) is 13.5. The molecule has 2 amide bonds. The first-order valence-corrected chi connectivity index (χ1v) is 10.5. The molecular weight excluding hydrogens is 468 g/mol. The van der Waals surface area contributed by atoms with Crippen LogP contribution in [0.3, 0.4) is 0 Å². The third kappa shape index (κ3) is 5.38. The van der Waals surface area contributed by atoms with Gasteiger partial charge in [-0.2, -0.15) is 0 Å². The van der Waals surface area contributed by atoms with Crippen LogP contribution in [0.25, 0.3) is 0 Å². The summed E-state index contributed by atoms with van der Waals surface area (Å²) in [5.41, 5.74) is 0.313. The molecule has 10 heteroatoms. The minimum absolute atomic E-state index is 0.0912. The van der Waals surface area contributed by atoms with E-state index in [-0.39, 0.29) is 12.5 Å².